The zero-order valence-electron chi connectivity index (χ0n) is 4.68. The first kappa shape index (κ1) is 5.98. The van der Waals surface area contributed by atoms with Crippen LogP contribution in [0.4, 0.5) is 0 Å². The highest BCUT2D eigenvalue weighted by molar-refractivity contribution is 7.80. The molecule has 0 aromatic carbocycles. The second kappa shape index (κ2) is 2.42. The summed E-state index contributed by atoms with van der Waals surface area (Å²) in [5.74, 6) is 0. The zero-order chi connectivity index (χ0) is 5.98. The Labute approximate surface area is 54.4 Å². The van der Waals surface area contributed by atoms with Crippen LogP contribution in [0.5, 0.6) is 0 Å². The van der Waals surface area contributed by atoms with E-state index in [1.165, 1.54) is 12.8 Å². The molecular weight excluding hydrogens is 120 g/mol. The van der Waals surface area contributed by atoms with Crippen molar-refractivity contribution in [2.75, 3.05) is 6.54 Å². The van der Waals surface area contributed by atoms with Crippen molar-refractivity contribution >= 4 is 17.2 Å². The lowest BCUT2D eigenvalue weighted by molar-refractivity contribution is 0.771. The number of thiocarbonyl (C=S) groups is 1. The molecule has 3 heteroatoms. The van der Waals surface area contributed by atoms with Crippen LogP contribution in [0.15, 0.2) is 0 Å². The maximum absolute atomic E-state index is 5.24. The first-order valence-corrected chi connectivity index (χ1v) is 3.21. The number of rotatable bonds is 3. The van der Waals surface area contributed by atoms with Gasteiger partial charge in [-0.05, 0) is 12.8 Å². The minimum Gasteiger partial charge on any atom is -0.392 e. The van der Waals surface area contributed by atoms with Crippen molar-refractivity contribution in [3.8, 4) is 0 Å². The molecule has 1 saturated carbocycles. The fraction of sp³-hybridized carbons (Fsp3) is 0.800. The largest absolute Gasteiger partial charge is 0.392 e. The number of nitrogens with one attached hydrogen (secondary N) is 1. The highest BCUT2D eigenvalue weighted by Gasteiger charge is 2.19. The van der Waals surface area contributed by atoms with Crippen molar-refractivity contribution in [2.24, 2.45) is 5.73 Å². The van der Waals surface area contributed by atoms with Gasteiger partial charge in [0.1, 0.15) is 0 Å². The lowest BCUT2D eigenvalue weighted by Crippen LogP contribution is -2.28. The molecule has 1 rings (SSSR count). The number of hydrogen-bond acceptors (Lipinski definition) is 2. The quantitative estimate of drug-likeness (QED) is 0.529. The van der Waals surface area contributed by atoms with Gasteiger partial charge in [-0.3, -0.25) is 0 Å². The van der Waals surface area contributed by atoms with Crippen molar-refractivity contribution in [1.29, 1.82) is 0 Å². The minimum absolute atomic E-state index is 0.567. The van der Waals surface area contributed by atoms with Gasteiger partial charge in [0.25, 0.3) is 0 Å². The van der Waals surface area contributed by atoms with E-state index in [0.717, 1.165) is 6.04 Å². The molecule has 8 heavy (non-hydrogen) atoms. The summed E-state index contributed by atoms with van der Waals surface area (Å²) in [6, 6.07) is 0.719. The summed E-state index contributed by atoms with van der Waals surface area (Å²) in [6.07, 6.45) is 2.59. The van der Waals surface area contributed by atoms with E-state index in [2.05, 4.69) is 17.5 Å². The van der Waals surface area contributed by atoms with E-state index >= 15 is 0 Å². The third-order valence-electron chi connectivity index (χ3n) is 1.14. The molecule has 2 nitrogen and oxygen atoms in total. The molecule has 3 N–H and O–H groups in total. The van der Waals surface area contributed by atoms with E-state index in [1.807, 2.05) is 0 Å². The van der Waals surface area contributed by atoms with Crippen LogP contribution in [0.3, 0.4) is 0 Å². The molecule has 0 heterocycles. The van der Waals surface area contributed by atoms with Crippen LogP contribution in [-0.2, 0) is 0 Å². The van der Waals surface area contributed by atoms with Gasteiger partial charge in [0.2, 0.25) is 0 Å². The molecule has 46 valence electrons. The van der Waals surface area contributed by atoms with Gasteiger partial charge in [-0.25, -0.2) is 0 Å². The lowest BCUT2D eigenvalue weighted by Gasteiger charge is -1.96. The average Bonchev–Trinajstić information content (AvgIpc) is 2.41. The summed E-state index contributed by atoms with van der Waals surface area (Å²) in [6.45, 7) is 0.708. The lowest BCUT2D eigenvalue weighted by atomic mass is 10.6. The standard InChI is InChI=1S/C5H10N2S/c6-5(8)3-7-4-1-2-4/h4,7H,1-3H2,(H2,6,8). The van der Waals surface area contributed by atoms with Crippen LogP contribution in [0.1, 0.15) is 12.8 Å². The molecule has 0 radical (unpaired) electrons. The Morgan fingerprint density at radius 2 is 2.38 bits per heavy atom. The van der Waals surface area contributed by atoms with Gasteiger partial charge < -0.3 is 11.1 Å². The van der Waals surface area contributed by atoms with Crippen LogP contribution >= 0.6 is 12.2 Å². The van der Waals surface area contributed by atoms with Crippen LogP contribution in [-0.4, -0.2) is 17.6 Å². The molecule has 0 aromatic heterocycles. The first-order valence-electron chi connectivity index (χ1n) is 2.81. The van der Waals surface area contributed by atoms with Crippen LogP contribution < -0.4 is 11.1 Å². The Hall–Kier alpha value is -0.150. The molecule has 1 fully saturated rings. The zero-order valence-corrected chi connectivity index (χ0v) is 5.50. The van der Waals surface area contributed by atoms with E-state index < -0.39 is 0 Å². The van der Waals surface area contributed by atoms with E-state index in [-0.39, 0.29) is 0 Å². The third kappa shape index (κ3) is 2.23. The van der Waals surface area contributed by atoms with E-state index in [9.17, 15) is 0 Å². The Bertz CT molecular complexity index is 98.6. The molecule has 0 saturated heterocycles. The maximum atomic E-state index is 5.24. The number of hydrogen-bond donors (Lipinski definition) is 2. The average molecular weight is 130 g/mol. The molecule has 0 bridgehead atoms. The summed E-state index contributed by atoms with van der Waals surface area (Å²) >= 11 is 4.66. The van der Waals surface area contributed by atoms with Gasteiger partial charge >= 0.3 is 0 Å². The molecule has 1 aliphatic carbocycles. The summed E-state index contributed by atoms with van der Waals surface area (Å²) in [5.41, 5.74) is 5.24. The van der Waals surface area contributed by atoms with E-state index in [1.54, 1.807) is 0 Å². The molecule has 0 aliphatic heterocycles. The van der Waals surface area contributed by atoms with Crippen LogP contribution in [0.25, 0.3) is 0 Å². The fourth-order valence-corrected chi connectivity index (χ4v) is 0.616. The van der Waals surface area contributed by atoms with Gasteiger partial charge in [-0.2, -0.15) is 0 Å². The summed E-state index contributed by atoms with van der Waals surface area (Å²) in [5, 5.41) is 3.19. The Morgan fingerprint density at radius 1 is 1.75 bits per heavy atom. The van der Waals surface area contributed by atoms with Gasteiger partial charge in [0.15, 0.2) is 0 Å². The van der Waals surface area contributed by atoms with Gasteiger partial charge in [0, 0.05) is 12.6 Å². The summed E-state index contributed by atoms with van der Waals surface area (Å²) in [7, 11) is 0. The van der Waals surface area contributed by atoms with E-state index in [4.69, 9.17) is 5.73 Å². The normalized spacial score (nSPS) is 18.5. The maximum Gasteiger partial charge on any atom is 0.0867 e. The highest BCUT2D eigenvalue weighted by Crippen LogP contribution is 2.17. The van der Waals surface area contributed by atoms with E-state index in [0.29, 0.717) is 11.5 Å². The van der Waals surface area contributed by atoms with Crippen LogP contribution in [0, 0.1) is 0 Å². The van der Waals surface area contributed by atoms with Crippen molar-refractivity contribution < 1.29 is 0 Å². The molecular formula is C5H10N2S. The van der Waals surface area contributed by atoms with Crippen molar-refractivity contribution in [3.05, 3.63) is 0 Å². The minimum atomic E-state index is 0.567. The van der Waals surface area contributed by atoms with Crippen molar-refractivity contribution in [3.63, 3.8) is 0 Å². The molecule has 0 unspecified atom stereocenters. The summed E-state index contributed by atoms with van der Waals surface area (Å²) < 4.78 is 0. The molecule has 0 amide bonds. The van der Waals surface area contributed by atoms with Gasteiger partial charge in [-0.1, -0.05) is 12.2 Å². The van der Waals surface area contributed by atoms with Gasteiger partial charge in [0.05, 0.1) is 4.99 Å². The molecule has 1 aliphatic rings. The fourth-order valence-electron chi connectivity index (χ4n) is 0.532. The van der Waals surface area contributed by atoms with Crippen LogP contribution in [0.2, 0.25) is 0 Å². The second-order valence-corrected chi connectivity index (χ2v) is 2.65. The second-order valence-electron chi connectivity index (χ2n) is 2.12. The van der Waals surface area contributed by atoms with Crippen molar-refractivity contribution in [1.82, 2.24) is 5.32 Å². The molecule has 0 aromatic rings. The smallest absolute Gasteiger partial charge is 0.0867 e. The third-order valence-corrected chi connectivity index (χ3v) is 1.29. The first-order chi connectivity index (χ1) is 3.79. The number of nitrogens with two attached hydrogens (primary N) is 1. The monoisotopic (exact) mass is 130 g/mol. The summed E-state index contributed by atoms with van der Waals surface area (Å²) in [4.78, 5) is 0.567. The predicted molar refractivity (Wildman–Crippen MR) is 37.8 cm³/mol. The predicted octanol–water partition coefficient (Wildman–Crippen LogP) is 0.0245. The van der Waals surface area contributed by atoms with Crippen molar-refractivity contribution in [2.45, 2.75) is 18.9 Å². The Balaban J connectivity index is 1.95. The Morgan fingerprint density at radius 3 is 2.75 bits per heavy atom. The highest BCUT2D eigenvalue weighted by atomic mass is 32.1. The Kier molecular flexibility index (Phi) is 1.81. The molecule has 0 spiro atoms. The topological polar surface area (TPSA) is 38.0 Å². The molecule has 0 atom stereocenters. The SMILES string of the molecule is NC(=S)CNC1CC1. The van der Waals surface area contributed by atoms with Gasteiger partial charge in [-0.15, -0.1) is 0 Å².